The topological polar surface area (TPSA) is 68.4 Å². The Labute approximate surface area is 180 Å². The third kappa shape index (κ3) is 4.26. The second-order valence-electron chi connectivity index (χ2n) is 7.36. The molecular weight excluding hydrogens is 402 g/mol. The van der Waals surface area contributed by atoms with E-state index in [4.69, 9.17) is 21.1 Å². The van der Waals surface area contributed by atoms with E-state index in [0.717, 1.165) is 17.0 Å². The fourth-order valence-corrected chi connectivity index (χ4v) is 4.02. The van der Waals surface area contributed by atoms with Gasteiger partial charge in [-0.2, -0.15) is 0 Å². The van der Waals surface area contributed by atoms with E-state index in [9.17, 15) is 9.59 Å². The molecule has 0 aliphatic heterocycles. The molecule has 1 aliphatic rings. The van der Waals surface area contributed by atoms with Gasteiger partial charge in [-0.1, -0.05) is 41.9 Å². The van der Waals surface area contributed by atoms with Crippen LogP contribution in [-0.2, 0) is 11.2 Å². The minimum absolute atomic E-state index is 0.0383. The Morgan fingerprint density at radius 2 is 1.80 bits per heavy atom. The van der Waals surface area contributed by atoms with Crippen molar-refractivity contribution in [3.8, 4) is 5.75 Å². The molecule has 1 heterocycles. The Morgan fingerprint density at radius 1 is 1.07 bits per heavy atom. The van der Waals surface area contributed by atoms with Crippen LogP contribution in [0.1, 0.15) is 50.0 Å². The number of hydrogen-bond donors (Lipinski definition) is 1. The zero-order chi connectivity index (χ0) is 21.1. The van der Waals surface area contributed by atoms with E-state index in [-0.39, 0.29) is 24.9 Å². The molecule has 1 atom stereocenters. The van der Waals surface area contributed by atoms with Gasteiger partial charge in [-0.05, 0) is 54.7 Å². The number of para-hydroxylation sites is 1. The lowest BCUT2D eigenvalue weighted by atomic mass is 9.81. The van der Waals surface area contributed by atoms with Crippen LogP contribution in [-0.4, -0.2) is 30.0 Å². The Morgan fingerprint density at radius 3 is 2.53 bits per heavy atom. The second kappa shape index (κ2) is 8.76. The molecule has 1 N–H and O–H groups in total. The first kappa shape index (κ1) is 20.2. The van der Waals surface area contributed by atoms with Crippen LogP contribution in [0.5, 0.6) is 5.75 Å². The van der Waals surface area contributed by atoms with Crippen LogP contribution >= 0.6 is 11.6 Å². The average molecular weight is 424 g/mol. The molecule has 0 radical (unpaired) electrons. The SMILES string of the molecule is Cc1c(C(=O)OCCOc2ccccc2)[nH]c2c1C(=O)CC(c1ccc(Cl)cc1)C2. The fourth-order valence-electron chi connectivity index (χ4n) is 3.89. The van der Waals surface area contributed by atoms with E-state index in [1.165, 1.54) is 0 Å². The van der Waals surface area contributed by atoms with Gasteiger partial charge in [-0.3, -0.25) is 4.79 Å². The summed E-state index contributed by atoms with van der Waals surface area (Å²) in [7, 11) is 0. The minimum atomic E-state index is -0.477. The molecule has 3 aromatic rings. The van der Waals surface area contributed by atoms with Gasteiger partial charge in [0, 0.05) is 22.7 Å². The predicted octanol–water partition coefficient (Wildman–Crippen LogP) is 5.13. The highest BCUT2D eigenvalue weighted by Crippen LogP contribution is 2.35. The highest BCUT2D eigenvalue weighted by atomic mass is 35.5. The summed E-state index contributed by atoms with van der Waals surface area (Å²) in [4.78, 5) is 28.5. The quantitative estimate of drug-likeness (QED) is 0.441. The summed E-state index contributed by atoms with van der Waals surface area (Å²) in [5.41, 5.74) is 3.46. The van der Waals surface area contributed by atoms with Crippen molar-refractivity contribution in [3.63, 3.8) is 0 Å². The number of Topliss-reactive ketones (excluding diaryl/α,β-unsaturated/α-hetero) is 1. The number of aromatic nitrogens is 1. The average Bonchev–Trinajstić information content (AvgIpc) is 3.09. The lowest BCUT2D eigenvalue weighted by molar-refractivity contribution is 0.0443. The maximum Gasteiger partial charge on any atom is 0.355 e. The van der Waals surface area contributed by atoms with Crippen molar-refractivity contribution in [2.24, 2.45) is 0 Å². The number of ketones is 1. The molecule has 1 aromatic heterocycles. The summed E-state index contributed by atoms with van der Waals surface area (Å²) in [5, 5.41) is 0.665. The zero-order valence-corrected chi connectivity index (χ0v) is 17.4. The number of hydrogen-bond acceptors (Lipinski definition) is 4. The highest BCUT2D eigenvalue weighted by Gasteiger charge is 2.32. The smallest absolute Gasteiger partial charge is 0.355 e. The van der Waals surface area contributed by atoms with Gasteiger partial charge in [0.1, 0.15) is 24.7 Å². The van der Waals surface area contributed by atoms with E-state index in [1.807, 2.05) is 54.6 Å². The zero-order valence-electron chi connectivity index (χ0n) is 16.6. The van der Waals surface area contributed by atoms with Crippen LogP contribution in [0.4, 0.5) is 0 Å². The first-order valence-electron chi connectivity index (χ1n) is 9.88. The number of fused-ring (bicyclic) bond motifs is 1. The summed E-state index contributed by atoms with van der Waals surface area (Å²) in [6.07, 6.45) is 1.07. The third-order valence-electron chi connectivity index (χ3n) is 5.36. The van der Waals surface area contributed by atoms with Crippen LogP contribution in [0.15, 0.2) is 54.6 Å². The van der Waals surface area contributed by atoms with Gasteiger partial charge in [0.25, 0.3) is 0 Å². The molecule has 1 aliphatic carbocycles. The summed E-state index contributed by atoms with van der Waals surface area (Å²) in [6, 6.07) is 16.9. The summed E-state index contributed by atoms with van der Waals surface area (Å²) in [5.74, 6) is 0.341. The van der Waals surface area contributed by atoms with Crippen molar-refractivity contribution in [1.29, 1.82) is 0 Å². The molecule has 0 fully saturated rings. The molecule has 154 valence electrons. The molecule has 6 heteroatoms. The van der Waals surface area contributed by atoms with Crippen LogP contribution in [0.2, 0.25) is 5.02 Å². The second-order valence-corrected chi connectivity index (χ2v) is 7.79. The number of nitrogens with one attached hydrogen (secondary N) is 1. The lowest BCUT2D eigenvalue weighted by Crippen LogP contribution is -2.18. The normalized spacial score (nSPS) is 15.5. The van der Waals surface area contributed by atoms with Crippen LogP contribution < -0.4 is 4.74 Å². The minimum Gasteiger partial charge on any atom is -0.490 e. The fraction of sp³-hybridized carbons (Fsp3) is 0.250. The van der Waals surface area contributed by atoms with E-state index < -0.39 is 5.97 Å². The summed E-state index contributed by atoms with van der Waals surface area (Å²) in [6.45, 7) is 2.16. The maximum absolute atomic E-state index is 12.8. The van der Waals surface area contributed by atoms with Gasteiger partial charge < -0.3 is 14.5 Å². The number of H-pyrrole nitrogens is 1. The monoisotopic (exact) mass is 423 g/mol. The van der Waals surface area contributed by atoms with E-state index >= 15 is 0 Å². The largest absolute Gasteiger partial charge is 0.490 e. The maximum atomic E-state index is 12.8. The first-order chi connectivity index (χ1) is 14.5. The summed E-state index contributed by atoms with van der Waals surface area (Å²) < 4.78 is 10.9. The van der Waals surface area contributed by atoms with Gasteiger partial charge in [0.15, 0.2) is 5.78 Å². The molecule has 1 unspecified atom stereocenters. The van der Waals surface area contributed by atoms with Gasteiger partial charge in [0.05, 0.1) is 0 Å². The number of halogens is 1. The standard InChI is InChI=1S/C24H22ClNO4/c1-15-22-20(13-17(14-21(22)27)16-7-9-18(25)10-8-16)26-23(15)24(28)30-12-11-29-19-5-3-2-4-6-19/h2-10,17,26H,11-14H2,1H3. The lowest BCUT2D eigenvalue weighted by Gasteiger charge is -2.22. The molecular formula is C24H22ClNO4. The number of benzene rings is 2. The Balaban J connectivity index is 1.42. The van der Waals surface area contributed by atoms with E-state index in [1.54, 1.807) is 6.92 Å². The predicted molar refractivity (Wildman–Crippen MR) is 115 cm³/mol. The number of aromatic amines is 1. The Bertz CT molecular complexity index is 1060. The molecule has 2 aromatic carbocycles. The Kier molecular flexibility index (Phi) is 5.91. The number of ether oxygens (including phenoxy) is 2. The molecule has 30 heavy (non-hydrogen) atoms. The van der Waals surface area contributed by atoms with Crippen LogP contribution in [0, 0.1) is 6.92 Å². The molecule has 0 saturated carbocycles. The van der Waals surface area contributed by atoms with Crippen molar-refractivity contribution in [2.75, 3.05) is 13.2 Å². The van der Waals surface area contributed by atoms with Gasteiger partial charge >= 0.3 is 5.97 Å². The van der Waals surface area contributed by atoms with E-state index in [0.29, 0.717) is 34.7 Å². The summed E-state index contributed by atoms with van der Waals surface area (Å²) >= 11 is 5.97. The van der Waals surface area contributed by atoms with E-state index in [2.05, 4.69) is 4.98 Å². The first-order valence-corrected chi connectivity index (χ1v) is 10.3. The van der Waals surface area contributed by atoms with Crippen molar-refractivity contribution < 1.29 is 19.1 Å². The molecule has 0 spiro atoms. The highest BCUT2D eigenvalue weighted by molar-refractivity contribution is 6.30. The number of esters is 1. The number of carbonyl (C=O) groups is 2. The van der Waals surface area contributed by atoms with Gasteiger partial charge in [-0.25, -0.2) is 4.79 Å². The number of rotatable bonds is 6. The van der Waals surface area contributed by atoms with Crippen LogP contribution in [0.25, 0.3) is 0 Å². The molecule has 0 bridgehead atoms. The third-order valence-corrected chi connectivity index (χ3v) is 5.61. The Hall–Kier alpha value is -3.05. The van der Waals surface area contributed by atoms with Gasteiger partial charge in [-0.15, -0.1) is 0 Å². The van der Waals surface area contributed by atoms with Crippen molar-refractivity contribution in [2.45, 2.75) is 25.7 Å². The van der Waals surface area contributed by atoms with Crippen molar-refractivity contribution >= 4 is 23.4 Å². The molecule has 0 saturated heterocycles. The van der Waals surface area contributed by atoms with Crippen molar-refractivity contribution in [3.05, 3.63) is 87.7 Å². The molecule has 5 nitrogen and oxygen atoms in total. The van der Waals surface area contributed by atoms with Crippen LogP contribution in [0.3, 0.4) is 0 Å². The molecule has 4 rings (SSSR count). The van der Waals surface area contributed by atoms with Crippen molar-refractivity contribution in [1.82, 2.24) is 4.98 Å². The molecule has 0 amide bonds. The number of carbonyl (C=O) groups excluding carboxylic acids is 2. The van der Waals surface area contributed by atoms with Gasteiger partial charge in [0.2, 0.25) is 0 Å².